The molecule has 5 heteroatoms. The van der Waals surface area contributed by atoms with E-state index in [1.807, 2.05) is 6.92 Å². The van der Waals surface area contributed by atoms with Crippen LogP contribution in [-0.2, 0) is 0 Å². The third-order valence-corrected chi connectivity index (χ3v) is 2.72. The molecular formula is C14H16N2O3. The fourth-order valence-electron chi connectivity index (χ4n) is 1.75. The number of benzene rings is 1. The lowest BCUT2D eigenvalue weighted by Gasteiger charge is -2.19. The summed E-state index contributed by atoms with van der Waals surface area (Å²) in [6.45, 7) is 4.31. The lowest BCUT2D eigenvalue weighted by Crippen LogP contribution is -2.32. The van der Waals surface area contributed by atoms with Gasteiger partial charge in [0.25, 0.3) is 11.6 Å². The third-order valence-electron chi connectivity index (χ3n) is 2.72. The summed E-state index contributed by atoms with van der Waals surface area (Å²) in [5.41, 5.74) is 0.768. The van der Waals surface area contributed by atoms with Gasteiger partial charge in [0.1, 0.15) is 0 Å². The van der Waals surface area contributed by atoms with Crippen molar-refractivity contribution in [3.05, 3.63) is 39.4 Å². The Morgan fingerprint density at radius 1 is 1.53 bits per heavy atom. The molecule has 0 aliphatic carbocycles. The number of carbonyl (C=O) groups excluding carboxylic acids is 1. The van der Waals surface area contributed by atoms with E-state index >= 15 is 0 Å². The van der Waals surface area contributed by atoms with Gasteiger partial charge in [-0.2, -0.15) is 0 Å². The Balaban J connectivity index is 3.08. The number of terminal acetylenes is 1. The molecule has 0 atom stereocenters. The maximum Gasteiger partial charge on any atom is 0.273 e. The lowest BCUT2D eigenvalue weighted by atomic mass is 10.1. The standard InChI is InChI=1S/C14H16N2O3/c1-4-8-15(9-5-2)14(17)12-7-6-11(3)13(10-12)16(18)19/h1,6-7,10H,5,8-9H2,2-3H3. The van der Waals surface area contributed by atoms with E-state index in [2.05, 4.69) is 5.92 Å². The molecule has 0 bridgehead atoms. The van der Waals surface area contributed by atoms with Gasteiger partial charge in [-0.1, -0.05) is 18.9 Å². The monoisotopic (exact) mass is 260 g/mol. The quantitative estimate of drug-likeness (QED) is 0.464. The summed E-state index contributed by atoms with van der Waals surface area (Å²) < 4.78 is 0. The fourth-order valence-corrected chi connectivity index (χ4v) is 1.75. The predicted octanol–water partition coefficient (Wildman–Crippen LogP) is 2.39. The summed E-state index contributed by atoms with van der Waals surface area (Å²) in [5, 5.41) is 10.9. The SMILES string of the molecule is C#CCN(CCC)C(=O)c1ccc(C)c([N+](=O)[O-])c1. The van der Waals surface area contributed by atoms with E-state index < -0.39 is 4.92 Å². The number of nitrogens with zero attached hydrogens (tertiary/aromatic N) is 2. The van der Waals surface area contributed by atoms with Gasteiger partial charge in [0.05, 0.1) is 11.5 Å². The Hall–Kier alpha value is -2.35. The van der Waals surface area contributed by atoms with Crippen LogP contribution in [0.25, 0.3) is 0 Å². The topological polar surface area (TPSA) is 63.5 Å². The molecule has 0 aromatic heterocycles. The molecule has 1 aromatic carbocycles. The zero-order valence-electron chi connectivity index (χ0n) is 11.0. The molecule has 0 heterocycles. The summed E-state index contributed by atoms with van der Waals surface area (Å²) in [7, 11) is 0. The van der Waals surface area contributed by atoms with Crippen LogP contribution < -0.4 is 0 Å². The van der Waals surface area contributed by atoms with Crippen molar-refractivity contribution in [2.24, 2.45) is 0 Å². The second-order valence-electron chi connectivity index (χ2n) is 4.19. The molecule has 100 valence electrons. The number of carbonyl (C=O) groups is 1. The number of nitro groups is 1. The summed E-state index contributed by atoms with van der Waals surface area (Å²) >= 11 is 0. The minimum absolute atomic E-state index is 0.0528. The van der Waals surface area contributed by atoms with E-state index in [9.17, 15) is 14.9 Å². The second kappa shape index (κ2) is 6.55. The molecule has 0 fully saturated rings. The van der Waals surface area contributed by atoms with E-state index in [-0.39, 0.29) is 18.1 Å². The Morgan fingerprint density at radius 3 is 2.74 bits per heavy atom. The number of hydrogen-bond donors (Lipinski definition) is 0. The maximum absolute atomic E-state index is 12.2. The lowest BCUT2D eigenvalue weighted by molar-refractivity contribution is -0.385. The van der Waals surface area contributed by atoms with Crippen LogP contribution in [0.15, 0.2) is 18.2 Å². The number of hydrogen-bond acceptors (Lipinski definition) is 3. The third kappa shape index (κ3) is 3.55. The number of amides is 1. The molecule has 1 aromatic rings. The van der Waals surface area contributed by atoms with Crippen molar-refractivity contribution in [1.82, 2.24) is 4.90 Å². The van der Waals surface area contributed by atoms with Crippen LogP contribution in [0.4, 0.5) is 5.69 Å². The first-order chi connectivity index (χ1) is 9.01. The molecule has 19 heavy (non-hydrogen) atoms. The summed E-state index contributed by atoms with van der Waals surface area (Å²) in [6, 6.07) is 4.46. The zero-order chi connectivity index (χ0) is 14.4. The van der Waals surface area contributed by atoms with Crippen LogP contribution in [0.5, 0.6) is 0 Å². The van der Waals surface area contributed by atoms with Crippen molar-refractivity contribution in [2.45, 2.75) is 20.3 Å². The normalized spacial score (nSPS) is 9.74. The Morgan fingerprint density at radius 2 is 2.21 bits per heavy atom. The van der Waals surface area contributed by atoms with Crippen molar-refractivity contribution in [3.8, 4) is 12.3 Å². The molecule has 0 spiro atoms. The first-order valence-corrected chi connectivity index (χ1v) is 5.99. The van der Waals surface area contributed by atoms with Crippen LogP contribution in [0, 0.1) is 29.4 Å². The van der Waals surface area contributed by atoms with Crippen molar-refractivity contribution in [3.63, 3.8) is 0 Å². The van der Waals surface area contributed by atoms with E-state index in [4.69, 9.17) is 6.42 Å². The van der Waals surface area contributed by atoms with Crippen molar-refractivity contribution >= 4 is 11.6 Å². The predicted molar refractivity (Wildman–Crippen MR) is 72.9 cm³/mol. The zero-order valence-corrected chi connectivity index (χ0v) is 11.0. The molecule has 0 saturated heterocycles. The molecular weight excluding hydrogens is 244 g/mol. The second-order valence-corrected chi connectivity index (χ2v) is 4.19. The molecule has 5 nitrogen and oxygen atoms in total. The summed E-state index contributed by atoms with van der Waals surface area (Å²) in [6.07, 6.45) is 6.00. The van der Waals surface area contributed by atoms with Crippen molar-refractivity contribution < 1.29 is 9.72 Å². The Labute approximate surface area is 112 Å². The van der Waals surface area contributed by atoms with Gasteiger partial charge in [-0.25, -0.2) is 0 Å². The van der Waals surface area contributed by atoms with Crippen LogP contribution in [0.1, 0.15) is 29.3 Å². The Kier molecular flexibility index (Phi) is 5.07. The average Bonchev–Trinajstić information content (AvgIpc) is 2.38. The molecule has 1 amide bonds. The van der Waals surface area contributed by atoms with Gasteiger partial charge in [-0.15, -0.1) is 6.42 Å². The highest BCUT2D eigenvalue weighted by molar-refractivity contribution is 5.95. The summed E-state index contributed by atoms with van der Waals surface area (Å²) in [4.78, 5) is 24.1. The first-order valence-electron chi connectivity index (χ1n) is 5.99. The Bertz CT molecular complexity index is 532. The minimum Gasteiger partial charge on any atom is -0.328 e. The number of rotatable bonds is 5. The van der Waals surface area contributed by atoms with Gasteiger partial charge < -0.3 is 4.90 Å². The summed E-state index contributed by atoms with van der Waals surface area (Å²) in [5.74, 6) is 2.15. The van der Waals surface area contributed by atoms with Crippen LogP contribution in [0.2, 0.25) is 0 Å². The van der Waals surface area contributed by atoms with Gasteiger partial charge in [-0.3, -0.25) is 14.9 Å². The van der Waals surface area contributed by atoms with Crippen LogP contribution in [-0.4, -0.2) is 28.8 Å². The highest BCUT2D eigenvalue weighted by Gasteiger charge is 2.18. The highest BCUT2D eigenvalue weighted by atomic mass is 16.6. The number of aryl methyl sites for hydroxylation is 1. The first kappa shape index (κ1) is 14.7. The highest BCUT2D eigenvalue weighted by Crippen LogP contribution is 2.20. The smallest absolute Gasteiger partial charge is 0.273 e. The van der Waals surface area contributed by atoms with Gasteiger partial charge in [-0.05, 0) is 19.4 Å². The number of nitro benzene ring substituents is 1. The fraction of sp³-hybridized carbons (Fsp3) is 0.357. The maximum atomic E-state index is 12.2. The molecule has 0 N–H and O–H groups in total. The van der Waals surface area contributed by atoms with E-state index in [1.165, 1.54) is 11.0 Å². The largest absolute Gasteiger partial charge is 0.328 e. The van der Waals surface area contributed by atoms with E-state index in [0.29, 0.717) is 17.7 Å². The molecule has 0 unspecified atom stereocenters. The van der Waals surface area contributed by atoms with E-state index in [0.717, 1.165) is 6.42 Å². The molecule has 0 aliphatic rings. The van der Waals surface area contributed by atoms with Gasteiger partial charge in [0.15, 0.2) is 0 Å². The van der Waals surface area contributed by atoms with Crippen LogP contribution >= 0.6 is 0 Å². The van der Waals surface area contributed by atoms with Gasteiger partial charge in [0, 0.05) is 23.7 Å². The van der Waals surface area contributed by atoms with E-state index in [1.54, 1.807) is 19.1 Å². The molecule has 0 saturated carbocycles. The van der Waals surface area contributed by atoms with Crippen molar-refractivity contribution in [1.29, 1.82) is 0 Å². The minimum atomic E-state index is -0.489. The van der Waals surface area contributed by atoms with Crippen molar-refractivity contribution in [2.75, 3.05) is 13.1 Å². The molecule has 1 rings (SSSR count). The average molecular weight is 260 g/mol. The molecule has 0 aliphatic heterocycles. The van der Waals surface area contributed by atoms with Gasteiger partial charge in [0.2, 0.25) is 0 Å². The van der Waals surface area contributed by atoms with Gasteiger partial charge >= 0.3 is 0 Å². The van der Waals surface area contributed by atoms with Crippen LogP contribution in [0.3, 0.4) is 0 Å². The molecule has 0 radical (unpaired) electrons.